The van der Waals surface area contributed by atoms with Gasteiger partial charge in [-0.05, 0) is 31.7 Å². The molecule has 1 aromatic heterocycles. The SMILES string of the molecule is CCC(C)(C)C(=O)C(=O)N1[C@H](C(=O)OCCc2cccs2)CSC1(C)C. The van der Waals surface area contributed by atoms with Gasteiger partial charge in [-0.25, -0.2) is 4.79 Å². The maximum absolute atomic E-state index is 12.9. The van der Waals surface area contributed by atoms with Crippen LogP contribution in [-0.2, 0) is 25.5 Å². The second kappa shape index (κ2) is 8.13. The maximum Gasteiger partial charge on any atom is 0.329 e. The molecule has 0 N–H and O–H groups in total. The Labute approximate surface area is 163 Å². The number of Topliss-reactive ketones (excluding diaryl/α,β-unsaturated/α-hetero) is 1. The van der Waals surface area contributed by atoms with Crippen LogP contribution in [0.5, 0.6) is 0 Å². The summed E-state index contributed by atoms with van der Waals surface area (Å²) in [7, 11) is 0. The van der Waals surface area contributed by atoms with Gasteiger partial charge in [-0.1, -0.05) is 26.8 Å². The fourth-order valence-corrected chi connectivity index (χ4v) is 4.61. The summed E-state index contributed by atoms with van der Waals surface area (Å²) in [5.41, 5.74) is -0.742. The zero-order valence-electron chi connectivity index (χ0n) is 16.0. The van der Waals surface area contributed by atoms with Crippen molar-refractivity contribution < 1.29 is 19.1 Å². The number of rotatable bonds is 7. The van der Waals surface area contributed by atoms with E-state index in [4.69, 9.17) is 4.74 Å². The number of thioether (sulfide) groups is 1. The number of ketones is 1. The Morgan fingerprint density at radius 1 is 1.35 bits per heavy atom. The summed E-state index contributed by atoms with van der Waals surface area (Å²) in [6, 6.07) is 3.23. The highest BCUT2D eigenvalue weighted by Gasteiger charge is 2.50. The average Bonchev–Trinajstić information content (AvgIpc) is 3.20. The van der Waals surface area contributed by atoms with E-state index in [1.165, 1.54) is 16.7 Å². The van der Waals surface area contributed by atoms with E-state index in [0.29, 0.717) is 18.6 Å². The molecule has 7 heteroatoms. The lowest BCUT2D eigenvalue weighted by Crippen LogP contribution is -2.54. The topological polar surface area (TPSA) is 63.7 Å². The summed E-state index contributed by atoms with van der Waals surface area (Å²) < 4.78 is 5.41. The molecule has 0 bridgehead atoms. The molecule has 1 aliphatic rings. The third-order valence-corrected chi connectivity index (χ3v) is 7.16. The van der Waals surface area contributed by atoms with Gasteiger partial charge in [0.25, 0.3) is 5.91 Å². The van der Waals surface area contributed by atoms with Crippen LogP contribution in [0.3, 0.4) is 0 Å². The summed E-state index contributed by atoms with van der Waals surface area (Å²) in [5, 5.41) is 1.98. The van der Waals surface area contributed by atoms with Crippen LogP contribution in [0, 0.1) is 5.41 Å². The number of hydrogen-bond acceptors (Lipinski definition) is 6. The highest BCUT2D eigenvalue weighted by atomic mass is 32.2. The third-order valence-electron chi connectivity index (χ3n) is 4.84. The van der Waals surface area contributed by atoms with Gasteiger partial charge < -0.3 is 9.64 Å². The number of carbonyl (C=O) groups excluding carboxylic acids is 3. The van der Waals surface area contributed by atoms with Gasteiger partial charge in [0.1, 0.15) is 6.04 Å². The minimum atomic E-state index is -0.742. The molecule has 0 spiro atoms. The molecule has 0 radical (unpaired) electrons. The van der Waals surface area contributed by atoms with Gasteiger partial charge in [0.2, 0.25) is 5.78 Å². The predicted molar refractivity (Wildman–Crippen MR) is 105 cm³/mol. The lowest BCUT2D eigenvalue weighted by atomic mass is 9.84. The molecular formula is C19H27NO4S2. The Morgan fingerprint density at radius 3 is 2.62 bits per heavy atom. The van der Waals surface area contributed by atoms with Crippen LogP contribution in [0.25, 0.3) is 0 Å². The zero-order chi connectivity index (χ0) is 19.5. The molecule has 0 aliphatic carbocycles. The fraction of sp³-hybridized carbons (Fsp3) is 0.632. The van der Waals surface area contributed by atoms with Gasteiger partial charge in [-0.15, -0.1) is 23.1 Å². The van der Waals surface area contributed by atoms with Crippen molar-refractivity contribution in [1.82, 2.24) is 4.90 Å². The third kappa shape index (κ3) is 4.49. The molecule has 1 atom stereocenters. The van der Waals surface area contributed by atoms with Gasteiger partial charge in [-0.2, -0.15) is 0 Å². The Morgan fingerprint density at radius 2 is 2.04 bits per heavy atom. The first-order valence-corrected chi connectivity index (χ1v) is 10.7. The van der Waals surface area contributed by atoms with Gasteiger partial charge in [0.15, 0.2) is 0 Å². The molecule has 144 valence electrons. The van der Waals surface area contributed by atoms with E-state index in [-0.39, 0.29) is 6.61 Å². The van der Waals surface area contributed by atoms with Crippen molar-refractivity contribution in [3.63, 3.8) is 0 Å². The maximum atomic E-state index is 12.9. The fourth-order valence-electron chi connectivity index (χ4n) is 2.72. The molecule has 1 aromatic rings. The quantitative estimate of drug-likeness (QED) is 0.520. The number of hydrogen-bond donors (Lipinski definition) is 0. The van der Waals surface area contributed by atoms with Gasteiger partial charge in [-0.3, -0.25) is 9.59 Å². The average molecular weight is 398 g/mol. The smallest absolute Gasteiger partial charge is 0.329 e. The van der Waals surface area contributed by atoms with E-state index in [2.05, 4.69) is 0 Å². The number of esters is 1. The van der Waals surface area contributed by atoms with E-state index in [1.807, 2.05) is 38.3 Å². The predicted octanol–water partition coefficient (Wildman–Crippen LogP) is 3.52. The highest BCUT2D eigenvalue weighted by Crippen LogP contribution is 2.40. The summed E-state index contributed by atoms with van der Waals surface area (Å²) in [6.07, 6.45) is 1.22. The van der Waals surface area contributed by atoms with Crippen LogP contribution < -0.4 is 0 Å². The number of nitrogens with zero attached hydrogens (tertiary/aromatic N) is 1. The minimum absolute atomic E-state index is 0.275. The lowest BCUT2D eigenvalue weighted by molar-refractivity contribution is -0.160. The summed E-state index contributed by atoms with van der Waals surface area (Å²) in [4.78, 5) is 40.1. The summed E-state index contributed by atoms with van der Waals surface area (Å²) >= 11 is 3.11. The largest absolute Gasteiger partial charge is 0.464 e. The van der Waals surface area contributed by atoms with Crippen molar-refractivity contribution in [2.45, 2.75) is 58.4 Å². The van der Waals surface area contributed by atoms with E-state index in [9.17, 15) is 14.4 Å². The Hall–Kier alpha value is -1.34. The van der Waals surface area contributed by atoms with Crippen LogP contribution >= 0.6 is 23.1 Å². The van der Waals surface area contributed by atoms with Crippen molar-refractivity contribution >= 4 is 40.8 Å². The van der Waals surface area contributed by atoms with E-state index >= 15 is 0 Å². The number of ether oxygens (including phenoxy) is 1. The highest BCUT2D eigenvalue weighted by molar-refractivity contribution is 8.00. The van der Waals surface area contributed by atoms with Crippen LogP contribution in [0.2, 0.25) is 0 Å². The Balaban J connectivity index is 2.07. The molecule has 5 nitrogen and oxygen atoms in total. The van der Waals surface area contributed by atoms with Crippen molar-refractivity contribution in [3.05, 3.63) is 22.4 Å². The molecule has 1 aliphatic heterocycles. The van der Waals surface area contributed by atoms with E-state index < -0.39 is 34.0 Å². The van der Waals surface area contributed by atoms with Crippen molar-refractivity contribution in [1.29, 1.82) is 0 Å². The van der Waals surface area contributed by atoms with Gasteiger partial charge >= 0.3 is 5.97 Å². The first-order chi connectivity index (χ1) is 12.1. The molecule has 2 heterocycles. The first kappa shape index (κ1) is 21.0. The monoisotopic (exact) mass is 397 g/mol. The molecular weight excluding hydrogens is 370 g/mol. The Kier molecular flexibility index (Phi) is 6.55. The summed E-state index contributed by atoms with van der Waals surface area (Å²) in [5.74, 6) is -1.04. The van der Waals surface area contributed by atoms with Crippen LogP contribution in [0.4, 0.5) is 0 Å². The minimum Gasteiger partial charge on any atom is -0.464 e. The molecule has 1 fully saturated rings. The molecule has 2 rings (SSSR count). The lowest BCUT2D eigenvalue weighted by Gasteiger charge is -2.35. The van der Waals surface area contributed by atoms with Crippen LogP contribution in [0.15, 0.2) is 17.5 Å². The van der Waals surface area contributed by atoms with Crippen molar-refractivity contribution in [3.8, 4) is 0 Å². The molecule has 1 saturated heterocycles. The molecule has 0 saturated carbocycles. The Bertz CT molecular complexity index is 667. The van der Waals surface area contributed by atoms with Gasteiger partial charge in [0.05, 0.1) is 11.5 Å². The number of thiophene rings is 1. The van der Waals surface area contributed by atoms with Crippen molar-refractivity contribution in [2.75, 3.05) is 12.4 Å². The normalized spacial score (nSPS) is 19.4. The van der Waals surface area contributed by atoms with Crippen LogP contribution in [0.1, 0.15) is 45.9 Å². The molecule has 0 aromatic carbocycles. The second-order valence-electron chi connectivity index (χ2n) is 7.51. The second-order valence-corrected chi connectivity index (χ2v) is 10.2. The van der Waals surface area contributed by atoms with Crippen molar-refractivity contribution in [2.24, 2.45) is 5.41 Å². The van der Waals surface area contributed by atoms with Gasteiger partial charge in [0, 0.05) is 22.5 Å². The van der Waals surface area contributed by atoms with Crippen LogP contribution in [-0.4, -0.2) is 45.8 Å². The number of carbonyl (C=O) groups is 3. The van der Waals surface area contributed by atoms with E-state index in [1.54, 1.807) is 25.2 Å². The first-order valence-electron chi connectivity index (χ1n) is 8.81. The summed E-state index contributed by atoms with van der Waals surface area (Å²) in [6.45, 7) is 9.40. The van der Waals surface area contributed by atoms with E-state index in [0.717, 1.165) is 4.88 Å². The standard InChI is InChI=1S/C19H27NO4S2/c1-6-18(2,3)15(21)16(22)20-14(12-26-19(20,4)5)17(23)24-10-9-13-8-7-11-25-13/h7-8,11,14H,6,9-10,12H2,1-5H3/t14-/m0/s1. The molecule has 0 unspecified atom stereocenters. The number of amides is 1. The molecule has 1 amide bonds. The molecule has 26 heavy (non-hydrogen) atoms. The zero-order valence-corrected chi connectivity index (χ0v) is 17.7.